The van der Waals surface area contributed by atoms with Crippen LogP contribution < -0.4 is 5.32 Å². The Labute approximate surface area is 201 Å². The van der Waals surface area contributed by atoms with Crippen molar-refractivity contribution < 1.29 is 9.90 Å². The van der Waals surface area contributed by atoms with E-state index >= 15 is 0 Å². The van der Waals surface area contributed by atoms with Crippen LogP contribution in [0, 0.1) is 0 Å². The van der Waals surface area contributed by atoms with Crippen LogP contribution in [-0.2, 0) is 17.3 Å². The number of carbonyl (C=O) groups is 1. The summed E-state index contributed by atoms with van der Waals surface area (Å²) in [5.41, 5.74) is 4.45. The molecule has 0 aliphatic rings. The molecule has 1 amide bonds. The van der Waals surface area contributed by atoms with Crippen LogP contribution in [0.3, 0.4) is 0 Å². The van der Waals surface area contributed by atoms with E-state index in [1.807, 2.05) is 28.9 Å². The lowest BCUT2D eigenvalue weighted by molar-refractivity contribution is 0.0916. The predicted molar refractivity (Wildman–Crippen MR) is 134 cm³/mol. The lowest BCUT2D eigenvalue weighted by Gasteiger charge is -2.20. The average molecular weight is 468 g/mol. The number of aromatic nitrogens is 2. The van der Waals surface area contributed by atoms with Crippen molar-refractivity contribution in [1.82, 2.24) is 15.1 Å². The van der Waals surface area contributed by atoms with Gasteiger partial charge in [-0.25, -0.2) is 4.68 Å². The summed E-state index contributed by atoms with van der Waals surface area (Å²) in [6, 6.07) is 16.6. The SMILES string of the molecule is CC(C)(C)c1cc(C(C)(C)C)n(-c2ccc(C(=O)NC(CO)Cc3ccc(Cl)cc3)cc2)n1. The molecule has 0 spiro atoms. The van der Waals surface area contributed by atoms with Crippen molar-refractivity contribution in [3.05, 3.63) is 82.1 Å². The van der Waals surface area contributed by atoms with Crippen LogP contribution in [0.2, 0.25) is 5.02 Å². The Morgan fingerprint density at radius 3 is 2.12 bits per heavy atom. The summed E-state index contributed by atoms with van der Waals surface area (Å²) in [4.78, 5) is 12.8. The van der Waals surface area contributed by atoms with Gasteiger partial charge in [0.15, 0.2) is 0 Å². The largest absolute Gasteiger partial charge is 0.394 e. The molecule has 0 aliphatic heterocycles. The Morgan fingerprint density at radius 2 is 1.61 bits per heavy atom. The number of hydrogen-bond acceptors (Lipinski definition) is 3. The van der Waals surface area contributed by atoms with Crippen LogP contribution in [0.5, 0.6) is 0 Å². The molecule has 0 bridgehead atoms. The molecule has 33 heavy (non-hydrogen) atoms. The number of aliphatic hydroxyl groups excluding tert-OH is 1. The van der Waals surface area contributed by atoms with Gasteiger partial charge in [0.2, 0.25) is 0 Å². The van der Waals surface area contributed by atoms with E-state index in [0.717, 1.165) is 22.6 Å². The summed E-state index contributed by atoms with van der Waals surface area (Å²) in [7, 11) is 0. The first-order chi connectivity index (χ1) is 15.4. The molecule has 5 nitrogen and oxygen atoms in total. The van der Waals surface area contributed by atoms with Crippen LogP contribution >= 0.6 is 11.6 Å². The van der Waals surface area contributed by atoms with Gasteiger partial charge >= 0.3 is 0 Å². The van der Waals surface area contributed by atoms with Gasteiger partial charge in [0.1, 0.15) is 0 Å². The number of amides is 1. The first-order valence-corrected chi connectivity index (χ1v) is 11.6. The number of halogens is 1. The first kappa shape index (κ1) is 25.0. The van der Waals surface area contributed by atoms with Crippen molar-refractivity contribution in [2.45, 2.75) is 64.8 Å². The third kappa shape index (κ3) is 6.24. The van der Waals surface area contributed by atoms with Crippen LogP contribution in [0.4, 0.5) is 0 Å². The van der Waals surface area contributed by atoms with E-state index in [-0.39, 0.29) is 29.4 Å². The smallest absolute Gasteiger partial charge is 0.251 e. The molecular formula is C27H34ClN3O2. The molecule has 1 unspecified atom stereocenters. The molecule has 0 aliphatic carbocycles. The second-order valence-electron chi connectivity index (χ2n) is 10.6. The third-order valence-electron chi connectivity index (χ3n) is 5.57. The number of rotatable bonds is 6. The highest BCUT2D eigenvalue weighted by Gasteiger charge is 2.26. The second-order valence-corrected chi connectivity index (χ2v) is 11.0. The zero-order valence-electron chi connectivity index (χ0n) is 20.3. The van der Waals surface area contributed by atoms with Crippen LogP contribution in [-0.4, -0.2) is 33.4 Å². The summed E-state index contributed by atoms with van der Waals surface area (Å²) in [6.07, 6.45) is 0.523. The molecule has 0 fully saturated rings. The van der Waals surface area contributed by atoms with Gasteiger partial charge in [0.05, 0.1) is 24.0 Å². The molecule has 1 aromatic heterocycles. The topological polar surface area (TPSA) is 67.2 Å². The fourth-order valence-electron chi connectivity index (χ4n) is 3.57. The second kappa shape index (κ2) is 9.70. The van der Waals surface area contributed by atoms with Crippen LogP contribution in [0.1, 0.15) is 68.9 Å². The molecule has 3 aromatic rings. The molecule has 176 valence electrons. The minimum atomic E-state index is -0.383. The van der Waals surface area contributed by atoms with E-state index in [9.17, 15) is 9.90 Å². The van der Waals surface area contributed by atoms with Gasteiger partial charge in [0.25, 0.3) is 5.91 Å². The maximum Gasteiger partial charge on any atom is 0.251 e. The highest BCUT2D eigenvalue weighted by atomic mass is 35.5. The van der Waals surface area contributed by atoms with Gasteiger partial charge in [-0.1, -0.05) is 65.3 Å². The molecule has 0 radical (unpaired) electrons. The monoisotopic (exact) mass is 467 g/mol. The summed E-state index contributed by atoms with van der Waals surface area (Å²) >= 11 is 5.94. The first-order valence-electron chi connectivity index (χ1n) is 11.3. The van der Waals surface area contributed by atoms with Gasteiger partial charge in [-0.15, -0.1) is 0 Å². The van der Waals surface area contributed by atoms with E-state index in [2.05, 4.69) is 52.9 Å². The van der Waals surface area contributed by atoms with E-state index < -0.39 is 0 Å². The van der Waals surface area contributed by atoms with Gasteiger partial charge < -0.3 is 10.4 Å². The van der Waals surface area contributed by atoms with Crippen molar-refractivity contribution in [1.29, 1.82) is 0 Å². The number of hydrogen-bond donors (Lipinski definition) is 2. The van der Waals surface area contributed by atoms with Gasteiger partial charge in [-0.2, -0.15) is 5.10 Å². The summed E-state index contributed by atoms with van der Waals surface area (Å²) in [5.74, 6) is -0.221. The molecule has 2 N–H and O–H groups in total. The lowest BCUT2D eigenvalue weighted by Crippen LogP contribution is -2.39. The van der Waals surface area contributed by atoms with Crippen molar-refractivity contribution in [2.24, 2.45) is 0 Å². The quantitative estimate of drug-likeness (QED) is 0.506. The normalized spacial score (nSPS) is 13.1. The zero-order valence-corrected chi connectivity index (χ0v) is 21.1. The highest BCUT2D eigenvalue weighted by Crippen LogP contribution is 2.30. The highest BCUT2D eigenvalue weighted by molar-refractivity contribution is 6.30. The van der Waals surface area contributed by atoms with Gasteiger partial charge in [0, 0.05) is 27.1 Å². The molecule has 0 saturated heterocycles. The van der Waals surface area contributed by atoms with Crippen molar-refractivity contribution in [3.63, 3.8) is 0 Å². The summed E-state index contributed by atoms with van der Waals surface area (Å²) in [6.45, 7) is 12.8. The molecule has 2 aromatic carbocycles. The van der Waals surface area contributed by atoms with E-state index in [4.69, 9.17) is 16.7 Å². The maximum atomic E-state index is 12.8. The van der Waals surface area contributed by atoms with Gasteiger partial charge in [-0.3, -0.25) is 4.79 Å². The Morgan fingerprint density at radius 1 is 1.00 bits per heavy atom. The number of aliphatic hydroxyl groups is 1. The van der Waals surface area contributed by atoms with E-state index in [1.54, 1.807) is 24.3 Å². The number of nitrogens with zero attached hydrogens (tertiary/aromatic N) is 2. The molecule has 1 atom stereocenters. The van der Waals surface area contributed by atoms with Crippen LogP contribution in [0.25, 0.3) is 5.69 Å². The fourth-order valence-corrected chi connectivity index (χ4v) is 3.69. The van der Waals surface area contributed by atoms with E-state index in [0.29, 0.717) is 17.0 Å². The molecule has 6 heteroatoms. The predicted octanol–water partition coefficient (Wildman–Crippen LogP) is 5.45. The minimum absolute atomic E-state index is 0.0610. The zero-order chi connectivity index (χ0) is 24.4. The van der Waals surface area contributed by atoms with Crippen molar-refractivity contribution in [2.75, 3.05) is 6.61 Å². The minimum Gasteiger partial charge on any atom is -0.394 e. The Balaban J connectivity index is 1.79. The summed E-state index contributed by atoms with van der Waals surface area (Å²) in [5, 5.41) is 18.2. The van der Waals surface area contributed by atoms with E-state index in [1.165, 1.54) is 0 Å². The summed E-state index contributed by atoms with van der Waals surface area (Å²) < 4.78 is 1.97. The Hall–Kier alpha value is -2.63. The molecule has 0 saturated carbocycles. The van der Waals surface area contributed by atoms with Crippen LogP contribution in [0.15, 0.2) is 54.6 Å². The standard InChI is InChI=1S/C27H34ClN3O2/c1-26(2,3)23-16-24(27(4,5)6)31(30-23)22-13-9-19(10-14-22)25(33)29-21(17-32)15-18-7-11-20(28)12-8-18/h7-14,16,21,32H,15,17H2,1-6H3,(H,29,33). The Kier molecular flexibility index (Phi) is 7.35. The Bertz CT molecular complexity index is 1090. The van der Waals surface area contributed by atoms with Gasteiger partial charge in [-0.05, 0) is 54.4 Å². The van der Waals surface area contributed by atoms with Crippen molar-refractivity contribution in [3.8, 4) is 5.69 Å². The average Bonchev–Trinajstić information content (AvgIpc) is 3.21. The molecular weight excluding hydrogens is 434 g/mol. The third-order valence-corrected chi connectivity index (χ3v) is 5.82. The number of carbonyl (C=O) groups excluding carboxylic acids is 1. The fraction of sp³-hybridized carbons (Fsp3) is 0.407. The molecule has 3 rings (SSSR count). The number of nitrogens with one attached hydrogen (secondary N) is 1. The molecule has 1 heterocycles. The van der Waals surface area contributed by atoms with Crippen molar-refractivity contribution >= 4 is 17.5 Å². The maximum absolute atomic E-state index is 12.8. The number of benzene rings is 2. The lowest BCUT2D eigenvalue weighted by atomic mass is 9.88.